The van der Waals surface area contributed by atoms with E-state index in [-0.39, 0.29) is 22.2 Å². The molecule has 0 spiro atoms. The fourth-order valence-electron chi connectivity index (χ4n) is 1.99. The van der Waals surface area contributed by atoms with Gasteiger partial charge < -0.3 is 15.5 Å². The molecule has 0 bridgehead atoms. The maximum Gasteiger partial charge on any atom is 0.338 e. The Morgan fingerprint density at radius 1 is 0.909 bits per heavy atom. The Morgan fingerprint density at radius 3 is 2.23 bits per heavy atom. The minimum absolute atomic E-state index is 0.0111. The molecule has 8 nitrogen and oxygen atoms in total. The first-order valence-corrected chi connectivity index (χ1v) is 6.15. The van der Waals surface area contributed by atoms with E-state index >= 15 is 0 Å². The van der Waals surface area contributed by atoms with Crippen LogP contribution in [-0.4, -0.2) is 32.5 Å². The van der Waals surface area contributed by atoms with Gasteiger partial charge in [0.25, 0.3) is 0 Å². The van der Waals surface area contributed by atoms with Crippen LogP contribution in [0.1, 0.15) is 20.7 Å². The molecule has 2 aromatic carbocycles. The Bertz CT molecular complexity index is 870. The van der Waals surface area contributed by atoms with E-state index in [1.54, 1.807) is 18.2 Å². The molecular weight excluding hydrogens is 290 g/mol. The first-order chi connectivity index (χ1) is 10.6. The number of nitrogens with one attached hydrogen (secondary N) is 1. The van der Waals surface area contributed by atoms with Gasteiger partial charge in [0, 0.05) is 5.69 Å². The van der Waals surface area contributed by atoms with Crippen molar-refractivity contribution < 1.29 is 24.4 Å². The maximum absolute atomic E-state index is 11.1. The van der Waals surface area contributed by atoms with Gasteiger partial charge in [0.15, 0.2) is 11.0 Å². The Hall–Kier alpha value is -3.42. The summed E-state index contributed by atoms with van der Waals surface area (Å²) in [6, 6.07) is 9.02. The third kappa shape index (κ3) is 2.33. The van der Waals surface area contributed by atoms with Gasteiger partial charge in [0.1, 0.15) is 0 Å². The third-order valence-electron chi connectivity index (χ3n) is 3.06. The third-order valence-corrected chi connectivity index (χ3v) is 3.06. The fraction of sp³-hybridized carbons (Fsp3) is 0. The molecule has 3 N–H and O–H groups in total. The van der Waals surface area contributed by atoms with E-state index in [4.69, 9.17) is 10.2 Å². The number of carboxylic acid groups (broad SMARTS) is 2. The highest BCUT2D eigenvalue weighted by molar-refractivity contribution is 6.04. The van der Waals surface area contributed by atoms with Gasteiger partial charge >= 0.3 is 11.9 Å². The first-order valence-electron chi connectivity index (χ1n) is 6.15. The number of rotatable bonds is 4. The van der Waals surface area contributed by atoms with Crippen LogP contribution in [0.2, 0.25) is 0 Å². The Kier molecular flexibility index (Phi) is 3.18. The van der Waals surface area contributed by atoms with Crippen molar-refractivity contribution in [1.29, 1.82) is 0 Å². The van der Waals surface area contributed by atoms with Gasteiger partial charge in [-0.15, -0.1) is 0 Å². The molecule has 3 rings (SSSR count). The molecule has 0 saturated carbocycles. The Balaban J connectivity index is 1.97. The van der Waals surface area contributed by atoms with Crippen molar-refractivity contribution in [2.24, 2.45) is 0 Å². The van der Waals surface area contributed by atoms with E-state index in [9.17, 15) is 9.59 Å². The smallest absolute Gasteiger partial charge is 0.338 e. The normalized spacial score (nSPS) is 10.5. The lowest BCUT2D eigenvalue weighted by Crippen LogP contribution is -2.00. The lowest BCUT2D eigenvalue weighted by molar-refractivity contribution is 0.0687. The lowest BCUT2D eigenvalue weighted by atomic mass is 10.1. The molecule has 1 heterocycles. The van der Waals surface area contributed by atoms with E-state index in [2.05, 4.69) is 20.3 Å². The molecule has 0 saturated heterocycles. The van der Waals surface area contributed by atoms with E-state index in [1.165, 1.54) is 18.2 Å². The van der Waals surface area contributed by atoms with Crippen LogP contribution in [0.25, 0.3) is 11.0 Å². The highest BCUT2D eigenvalue weighted by Gasteiger charge is 2.16. The van der Waals surface area contributed by atoms with Gasteiger partial charge in [0.2, 0.25) is 0 Å². The van der Waals surface area contributed by atoms with Crippen molar-refractivity contribution in [2.75, 3.05) is 5.32 Å². The van der Waals surface area contributed by atoms with Gasteiger partial charge in [-0.2, -0.15) is 0 Å². The number of carboxylic acids is 2. The summed E-state index contributed by atoms with van der Waals surface area (Å²) in [5.74, 6) is -2.14. The number of aromatic carboxylic acids is 2. The van der Waals surface area contributed by atoms with Gasteiger partial charge in [-0.05, 0) is 46.7 Å². The second kappa shape index (κ2) is 5.17. The zero-order valence-electron chi connectivity index (χ0n) is 11.0. The molecule has 0 aliphatic heterocycles. The largest absolute Gasteiger partial charge is 0.478 e. The van der Waals surface area contributed by atoms with Crippen LogP contribution in [0, 0.1) is 0 Å². The van der Waals surface area contributed by atoms with Gasteiger partial charge in [-0.25, -0.2) is 14.2 Å². The van der Waals surface area contributed by atoms with E-state index in [1.807, 2.05) is 0 Å². The second-order valence-corrected chi connectivity index (χ2v) is 4.43. The summed E-state index contributed by atoms with van der Waals surface area (Å²) in [6.07, 6.45) is 0. The highest BCUT2D eigenvalue weighted by atomic mass is 16.6. The van der Waals surface area contributed by atoms with Crippen molar-refractivity contribution >= 4 is 34.3 Å². The number of aromatic nitrogens is 2. The van der Waals surface area contributed by atoms with Crippen LogP contribution >= 0.6 is 0 Å². The number of benzene rings is 2. The van der Waals surface area contributed by atoms with Crippen LogP contribution in [0.5, 0.6) is 0 Å². The summed E-state index contributed by atoms with van der Waals surface area (Å²) in [5.41, 5.74) is 1.70. The van der Waals surface area contributed by atoms with E-state index < -0.39 is 11.9 Å². The molecule has 0 amide bonds. The zero-order valence-corrected chi connectivity index (χ0v) is 11.0. The molecule has 0 aliphatic rings. The second-order valence-electron chi connectivity index (χ2n) is 4.43. The summed E-state index contributed by atoms with van der Waals surface area (Å²) in [7, 11) is 0. The SMILES string of the molecule is O=C(O)c1ccc(Nc2ccc(C(=O)O)c3nonc23)cc1. The number of anilines is 2. The van der Waals surface area contributed by atoms with Crippen LogP contribution < -0.4 is 5.32 Å². The molecule has 8 heteroatoms. The number of nitrogens with zero attached hydrogens (tertiary/aromatic N) is 2. The van der Waals surface area contributed by atoms with E-state index in [0.29, 0.717) is 11.4 Å². The summed E-state index contributed by atoms with van der Waals surface area (Å²) in [4.78, 5) is 21.9. The molecular formula is C14H9N3O5. The Morgan fingerprint density at radius 2 is 1.59 bits per heavy atom. The topological polar surface area (TPSA) is 126 Å². The summed E-state index contributed by atoms with van der Waals surface area (Å²) in [5, 5.41) is 28.2. The van der Waals surface area contributed by atoms with Crippen LogP contribution in [0.15, 0.2) is 41.0 Å². The minimum Gasteiger partial charge on any atom is -0.478 e. The number of fused-ring (bicyclic) bond motifs is 1. The molecule has 0 unspecified atom stereocenters. The van der Waals surface area contributed by atoms with Crippen molar-refractivity contribution in [3.05, 3.63) is 47.5 Å². The summed E-state index contributed by atoms with van der Waals surface area (Å²) in [6.45, 7) is 0. The van der Waals surface area contributed by atoms with Crippen LogP contribution in [0.3, 0.4) is 0 Å². The monoisotopic (exact) mass is 299 g/mol. The summed E-state index contributed by atoms with van der Waals surface area (Å²) >= 11 is 0. The summed E-state index contributed by atoms with van der Waals surface area (Å²) < 4.78 is 4.60. The predicted octanol–water partition coefficient (Wildman–Crippen LogP) is 2.36. The average molecular weight is 299 g/mol. The number of hydrogen-bond donors (Lipinski definition) is 3. The van der Waals surface area contributed by atoms with Crippen LogP contribution in [-0.2, 0) is 0 Å². The van der Waals surface area contributed by atoms with Crippen LogP contribution in [0.4, 0.5) is 11.4 Å². The molecule has 0 aliphatic carbocycles. The molecule has 0 radical (unpaired) electrons. The average Bonchev–Trinajstić information content (AvgIpc) is 2.97. The molecule has 1 aromatic heterocycles. The van der Waals surface area contributed by atoms with Crippen molar-refractivity contribution in [3.8, 4) is 0 Å². The standard InChI is InChI=1S/C14H9N3O5/c18-13(19)7-1-3-8(4-2-7)15-10-6-5-9(14(20)21)11-12(10)17-22-16-11/h1-6,15H,(H,18,19)(H,20,21). The number of carbonyl (C=O) groups is 2. The maximum atomic E-state index is 11.1. The van der Waals surface area contributed by atoms with Crippen molar-refractivity contribution in [1.82, 2.24) is 10.3 Å². The van der Waals surface area contributed by atoms with Gasteiger partial charge in [-0.3, -0.25) is 0 Å². The molecule has 0 fully saturated rings. The fourth-order valence-corrected chi connectivity index (χ4v) is 1.99. The highest BCUT2D eigenvalue weighted by Crippen LogP contribution is 2.26. The number of hydrogen-bond acceptors (Lipinski definition) is 6. The van der Waals surface area contributed by atoms with Crippen molar-refractivity contribution in [2.45, 2.75) is 0 Å². The van der Waals surface area contributed by atoms with Gasteiger partial charge in [0.05, 0.1) is 16.8 Å². The van der Waals surface area contributed by atoms with E-state index in [0.717, 1.165) is 0 Å². The lowest BCUT2D eigenvalue weighted by Gasteiger charge is -2.07. The predicted molar refractivity (Wildman–Crippen MR) is 75.4 cm³/mol. The first kappa shape index (κ1) is 13.6. The molecule has 3 aromatic rings. The molecule has 22 heavy (non-hydrogen) atoms. The zero-order chi connectivity index (χ0) is 15.7. The Labute approximate surface area is 122 Å². The molecule has 0 atom stereocenters. The van der Waals surface area contributed by atoms with Crippen molar-refractivity contribution in [3.63, 3.8) is 0 Å². The minimum atomic E-state index is -1.13. The van der Waals surface area contributed by atoms with Gasteiger partial charge in [-0.1, -0.05) is 0 Å². The quantitative estimate of drug-likeness (QED) is 0.670. The molecule has 110 valence electrons.